The number of sulfonamides is 1. The summed E-state index contributed by atoms with van der Waals surface area (Å²) in [5.41, 5.74) is 0. The summed E-state index contributed by atoms with van der Waals surface area (Å²) < 4.78 is 35.7. The minimum atomic E-state index is -3.73. The lowest BCUT2D eigenvalue weighted by Crippen LogP contribution is -2.38. The fourth-order valence-corrected chi connectivity index (χ4v) is 5.68. The third-order valence-corrected chi connectivity index (χ3v) is 6.86. The summed E-state index contributed by atoms with van der Waals surface area (Å²) in [4.78, 5) is 22.9. The largest absolute Gasteiger partial charge is 0.466 e. The molecule has 0 amide bonds. The summed E-state index contributed by atoms with van der Waals surface area (Å²) in [6, 6.07) is 1.39. The standard InChI is InChI=1S/C12H15NO6S3/c1-18-10(14)8-19-12(15)11-9(2-5-21-11)22(16,17)13-3-6-20-7-4-13/h2,5H,3-4,6-8H2,1H3. The predicted molar refractivity (Wildman–Crippen MR) is 82.7 cm³/mol. The molecule has 22 heavy (non-hydrogen) atoms. The molecule has 1 fully saturated rings. The van der Waals surface area contributed by atoms with Gasteiger partial charge in [0.1, 0.15) is 9.77 Å². The van der Waals surface area contributed by atoms with Crippen molar-refractivity contribution >= 4 is 45.1 Å². The number of rotatable bonds is 5. The predicted octanol–water partition coefficient (Wildman–Crippen LogP) is 0.815. The zero-order valence-electron chi connectivity index (χ0n) is 11.8. The molecule has 2 rings (SSSR count). The number of esters is 2. The summed E-state index contributed by atoms with van der Waals surface area (Å²) in [6.45, 7) is 0.284. The first-order chi connectivity index (χ1) is 10.5. The molecule has 122 valence electrons. The van der Waals surface area contributed by atoms with Crippen LogP contribution in [-0.4, -0.2) is 63.0 Å². The Balaban J connectivity index is 2.17. The van der Waals surface area contributed by atoms with Gasteiger partial charge in [0.25, 0.3) is 0 Å². The SMILES string of the molecule is COC(=O)COC(=O)c1sccc1S(=O)(=O)N1CCSCC1. The quantitative estimate of drug-likeness (QED) is 0.714. The molecule has 0 aromatic carbocycles. The van der Waals surface area contributed by atoms with Gasteiger partial charge in [-0.25, -0.2) is 18.0 Å². The lowest BCUT2D eigenvalue weighted by Gasteiger charge is -2.25. The van der Waals surface area contributed by atoms with Crippen molar-refractivity contribution < 1.29 is 27.5 Å². The van der Waals surface area contributed by atoms with Gasteiger partial charge in [-0.2, -0.15) is 16.1 Å². The zero-order chi connectivity index (χ0) is 16.2. The maximum absolute atomic E-state index is 12.6. The second-order valence-corrected chi connectivity index (χ2v) is 8.33. The highest BCUT2D eigenvalue weighted by molar-refractivity contribution is 7.99. The van der Waals surface area contributed by atoms with Crippen molar-refractivity contribution in [2.24, 2.45) is 0 Å². The highest BCUT2D eigenvalue weighted by atomic mass is 32.2. The summed E-state index contributed by atoms with van der Waals surface area (Å²) >= 11 is 2.66. The molecule has 10 heteroatoms. The van der Waals surface area contributed by atoms with Crippen LogP contribution in [0.25, 0.3) is 0 Å². The fourth-order valence-electron chi connectivity index (χ4n) is 1.82. The number of hydrogen-bond donors (Lipinski definition) is 0. The monoisotopic (exact) mass is 365 g/mol. The highest BCUT2D eigenvalue weighted by Gasteiger charge is 2.31. The Morgan fingerprint density at radius 1 is 1.32 bits per heavy atom. The Bertz CT molecular complexity index is 648. The van der Waals surface area contributed by atoms with Gasteiger partial charge in [0.2, 0.25) is 10.0 Å². The van der Waals surface area contributed by atoms with E-state index in [2.05, 4.69) is 4.74 Å². The van der Waals surface area contributed by atoms with Gasteiger partial charge in [-0.1, -0.05) is 0 Å². The number of methoxy groups -OCH3 is 1. The summed E-state index contributed by atoms with van der Waals surface area (Å²) in [5.74, 6) is -0.0931. The average Bonchev–Trinajstić information content (AvgIpc) is 3.03. The van der Waals surface area contributed by atoms with Crippen LogP contribution >= 0.6 is 23.1 Å². The molecule has 2 heterocycles. The van der Waals surface area contributed by atoms with Crippen LogP contribution in [0.3, 0.4) is 0 Å². The number of thioether (sulfide) groups is 1. The van der Waals surface area contributed by atoms with Crippen LogP contribution in [0.5, 0.6) is 0 Å². The minimum absolute atomic E-state index is 0.0258. The normalized spacial score (nSPS) is 16.2. The number of nitrogens with zero attached hydrogens (tertiary/aromatic N) is 1. The molecule has 0 atom stereocenters. The molecule has 1 aliphatic heterocycles. The third kappa shape index (κ3) is 3.80. The average molecular weight is 365 g/mol. The Hall–Kier alpha value is -1.10. The first-order valence-electron chi connectivity index (χ1n) is 6.36. The van der Waals surface area contributed by atoms with Gasteiger partial charge in [0.05, 0.1) is 7.11 Å². The molecule has 7 nitrogen and oxygen atoms in total. The van der Waals surface area contributed by atoms with Crippen LogP contribution in [-0.2, 0) is 24.3 Å². The third-order valence-electron chi connectivity index (χ3n) is 2.95. The molecule has 0 saturated carbocycles. The molecule has 0 N–H and O–H groups in total. The molecule has 0 bridgehead atoms. The number of carbonyl (C=O) groups excluding carboxylic acids is 2. The number of hydrogen-bond acceptors (Lipinski definition) is 8. The van der Waals surface area contributed by atoms with Gasteiger partial charge in [-0.3, -0.25) is 0 Å². The maximum Gasteiger partial charge on any atom is 0.350 e. The Morgan fingerprint density at radius 2 is 2.00 bits per heavy atom. The maximum atomic E-state index is 12.6. The second-order valence-electron chi connectivity index (χ2n) is 4.28. The molecule has 1 aliphatic rings. The van der Waals surface area contributed by atoms with E-state index in [1.54, 1.807) is 11.8 Å². The van der Waals surface area contributed by atoms with Crippen LogP contribution in [0.15, 0.2) is 16.3 Å². The van der Waals surface area contributed by atoms with Crippen molar-refractivity contribution in [3.8, 4) is 0 Å². The molecule has 1 saturated heterocycles. The Labute approximate surface area is 136 Å². The smallest absolute Gasteiger partial charge is 0.350 e. The van der Waals surface area contributed by atoms with Gasteiger partial charge in [-0.15, -0.1) is 11.3 Å². The summed E-state index contributed by atoms with van der Waals surface area (Å²) in [6.07, 6.45) is 0. The molecule has 1 aromatic rings. The minimum Gasteiger partial charge on any atom is -0.466 e. The van der Waals surface area contributed by atoms with Crippen molar-refractivity contribution in [2.75, 3.05) is 38.3 Å². The topological polar surface area (TPSA) is 90.0 Å². The van der Waals surface area contributed by atoms with E-state index < -0.39 is 28.6 Å². The van der Waals surface area contributed by atoms with E-state index >= 15 is 0 Å². The van der Waals surface area contributed by atoms with E-state index in [0.717, 1.165) is 22.8 Å². The Morgan fingerprint density at radius 3 is 2.64 bits per heavy atom. The van der Waals surface area contributed by atoms with E-state index in [4.69, 9.17) is 4.74 Å². The van der Waals surface area contributed by atoms with E-state index in [9.17, 15) is 18.0 Å². The van der Waals surface area contributed by atoms with Crippen molar-refractivity contribution in [1.82, 2.24) is 4.31 Å². The van der Waals surface area contributed by atoms with Gasteiger partial charge < -0.3 is 9.47 Å². The number of ether oxygens (including phenoxy) is 2. The van der Waals surface area contributed by atoms with Crippen LogP contribution in [0.4, 0.5) is 0 Å². The van der Waals surface area contributed by atoms with Gasteiger partial charge in [-0.05, 0) is 11.4 Å². The second kappa shape index (κ2) is 7.44. The van der Waals surface area contributed by atoms with Crippen LogP contribution in [0, 0.1) is 0 Å². The molecular weight excluding hydrogens is 350 g/mol. The molecule has 0 aliphatic carbocycles. The molecule has 0 radical (unpaired) electrons. The lowest BCUT2D eigenvalue weighted by molar-refractivity contribution is -0.144. The van der Waals surface area contributed by atoms with E-state index in [1.807, 2.05) is 0 Å². The van der Waals surface area contributed by atoms with Crippen LogP contribution in [0.2, 0.25) is 0 Å². The van der Waals surface area contributed by atoms with Crippen LogP contribution in [0.1, 0.15) is 9.67 Å². The van der Waals surface area contributed by atoms with Crippen molar-refractivity contribution in [3.05, 3.63) is 16.3 Å². The first kappa shape index (κ1) is 17.3. The fraction of sp³-hybridized carbons (Fsp3) is 0.500. The highest BCUT2D eigenvalue weighted by Crippen LogP contribution is 2.27. The van der Waals surface area contributed by atoms with Gasteiger partial charge in [0, 0.05) is 24.6 Å². The molecule has 0 unspecified atom stereocenters. The van der Waals surface area contributed by atoms with E-state index in [0.29, 0.717) is 13.1 Å². The molecular formula is C12H15NO6S3. The van der Waals surface area contributed by atoms with Gasteiger partial charge >= 0.3 is 11.9 Å². The van der Waals surface area contributed by atoms with Crippen molar-refractivity contribution in [2.45, 2.75) is 4.90 Å². The van der Waals surface area contributed by atoms with Crippen molar-refractivity contribution in [3.63, 3.8) is 0 Å². The Kier molecular flexibility index (Phi) is 5.84. The van der Waals surface area contributed by atoms with Crippen molar-refractivity contribution in [1.29, 1.82) is 0 Å². The number of thiophene rings is 1. The van der Waals surface area contributed by atoms with E-state index in [-0.39, 0.29) is 9.77 Å². The number of carbonyl (C=O) groups is 2. The van der Waals surface area contributed by atoms with E-state index in [1.165, 1.54) is 22.9 Å². The molecule has 1 aromatic heterocycles. The summed E-state index contributed by atoms with van der Waals surface area (Å²) in [5, 5.41) is 1.51. The first-order valence-corrected chi connectivity index (χ1v) is 9.83. The van der Waals surface area contributed by atoms with Crippen LogP contribution < -0.4 is 0 Å². The summed E-state index contributed by atoms with van der Waals surface area (Å²) in [7, 11) is -2.55. The zero-order valence-corrected chi connectivity index (χ0v) is 14.3. The molecule has 0 spiro atoms. The lowest BCUT2D eigenvalue weighted by atomic mass is 10.5. The van der Waals surface area contributed by atoms with Gasteiger partial charge in [0.15, 0.2) is 6.61 Å².